The van der Waals surface area contributed by atoms with Crippen molar-refractivity contribution in [3.05, 3.63) is 259 Å². The molecule has 9 aromatic carbocycles. The summed E-state index contributed by atoms with van der Waals surface area (Å²) in [4.78, 5) is 25.5. The Morgan fingerprint density at radius 3 is 1.18 bits per heavy atom. The molecule has 0 fully saturated rings. The fourth-order valence-corrected chi connectivity index (χ4v) is 8.36. The predicted molar refractivity (Wildman–Crippen MR) is 270 cm³/mol. The Balaban J connectivity index is 0.922. The molecule has 1 aliphatic rings. The summed E-state index contributed by atoms with van der Waals surface area (Å²) in [6, 6.07) is 83.8. The molecule has 0 amide bonds. The van der Waals surface area contributed by atoms with E-state index in [2.05, 4.69) is 187 Å². The van der Waals surface area contributed by atoms with Gasteiger partial charge in [-0.25, -0.2) is 24.9 Å². The average Bonchev–Trinajstić information content (AvgIpc) is 3.42. The molecule has 0 aliphatic carbocycles. The first-order valence-corrected chi connectivity index (χ1v) is 22.1. The van der Waals surface area contributed by atoms with Crippen LogP contribution in [0.15, 0.2) is 253 Å². The topological polar surface area (TPSA) is 75.4 Å². The number of benzene rings is 9. The van der Waals surface area contributed by atoms with Gasteiger partial charge in [0.15, 0.2) is 23.3 Å². The first kappa shape index (κ1) is 39.9. The van der Waals surface area contributed by atoms with Crippen molar-refractivity contribution in [1.82, 2.24) is 20.3 Å². The van der Waals surface area contributed by atoms with Gasteiger partial charge in [0.2, 0.25) is 0 Å². The minimum Gasteiger partial charge on any atom is -0.344 e. The van der Waals surface area contributed by atoms with Crippen LogP contribution in [0.25, 0.3) is 78.7 Å². The summed E-state index contributed by atoms with van der Waals surface area (Å²) < 4.78 is 0. The van der Waals surface area contributed by atoms with Gasteiger partial charge >= 0.3 is 0 Å². The number of nitrogens with one attached hydrogen (secondary N) is 1. The Labute approximate surface area is 384 Å². The van der Waals surface area contributed by atoms with Crippen LogP contribution in [0.2, 0.25) is 0 Å². The van der Waals surface area contributed by atoms with Crippen molar-refractivity contribution in [2.75, 3.05) is 0 Å². The van der Waals surface area contributed by atoms with Crippen molar-refractivity contribution in [2.45, 2.75) is 6.17 Å². The van der Waals surface area contributed by atoms with Gasteiger partial charge in [-0.1, -0.05) is 218 Å². The van der Waals surface area contributed by atoms with Gasteiger partial charge in [0, 0.05) is 27.8 Å². The molecular formula is C60H42N6. The third-order valence-corrected chi connectivity index (χ3v) is 11.8. The second-order valence-electron chi connectivity index (χ2n) is 16.2. The van der Waals surface area contributed by atoms with Gasteiger partial charge in [-0.3, -0.25) is 0 Å². The first-order valence-electron chi connectivity index (χ1n) is 22.1. The quantitative estimate of drug-likeness (QED) is 0.149. The second-order valence-corrected chi connectivity index (χ2v) is 16.2. The molecule has 6 nitrogen and oxygen atoms in total. The minimum absolute atomic E-state index is 0.333. The summed E-state index contributed by atoms with van der Waals surface area (Å²) in [6.07, 6.45) is -0.333. The van der Waals surface area contributed by atoms with Crippen LogP contribution in [-0.4, -0.2) is 26.6 Å². The van der Waals surface area contributed by atoms with Crippen LogP contribution in [-0.2, 0) is 0 Å². The Morgan fingerprint density at radius 1 is 0.273 bits per heavy atom. The summed E-state index contributed by atoms with van der Waals surface area (Å²) in [5.74, 6) is 3.31. The lowest BCUT2D eigenvalue weighted by Gasteiger charge is -2.24. The average molecular weight is 847 g/mol. The first-order chi connectivity index (χ1) is 32.7. The molecular weight excluding hydrogens is 805 g/mol. The van der Waals surface area contributed by atoms with Crippen LogP contribution in [0.5, 0.6) is 0 Å². The summed E-state index contributed by atoms with van der Waals surface area (Å²) in [5, 5.41) is 3.63. The molecule has 312 valence electrons. The van der Waals surface area contributed by atoms with Gasteiger partial charge in [-0.2, -0.15) is 0 Å². The molecule has 1 atom stereocenters. The molecule has 1 aliphatic heterocycles. The van der Waals surface area contributed by atoms with E-state index in [0.29, 0.717) is 23.3 Å². The van der Waals surface area contributed by atoms with E-state index in [0.717, 1.165) is 83.7 Å². The molecule has 1 aromatic heterocycles. The van der Waals surface area contributed by atoms with E-state index in [1.807, 2.05) is 60.7 Å². The summed E-state index contributed by atoms with van der Waals surface area (Å²) in [7, 11) is 0. The largest absolute Gasteiger partial charge is 0.344 e. The Morgan fingerprint density at radius 2 is 0.621 bits per heavy atom. The maximum absolute atomic E-state index is 5.24. The standard InChI is InChI=1S/C60H42N6/c1-5-17-41(18-6-1)43-33-35-46(36-34-43)57-61-55(44-21-9-3-10-22-44)62-58(65-57)53-31-15-28-50(39-53)48-26-13-27-49(37-48)51-29-16-32-54(40-51)60-64-56(45-23-11-4-12-24-45)63-59(66-60)52-30-14-25-47(38-52)42-19-7-2-8-20-42/h1-40,59H,(H,63,64,66). The third kappa shape index (κ3) is 8.59. The van der Waals surface area contributed by atoms with Gasteiger partial charge in [0.05, 0.1) is 0 Å². The van der Waals surface area contributed by atoms with E-state index in [1.165, 1.54) is 0 Å². The van der Waals surface area contributed by atoms with E-state index in [1.54, 1.807) is 0 Å². The number of aromatic nitrogens is 3. The lowest BCUT2D eigenvalue weighted by atomic mass is 9.96. The molecule has 0 radical (unpaired) electrons. The Bertz CT molecular complexity index is 3370. The van der Waals surface area contributed by atoms with Crippen molar-refractivity contribution in [3.8, 4) is 78.7 Å². The molecule has 0 bridgehead atoms. The fraction of sp³-hybridized carbons (Fsp3) is 0.0167. The number of hydrogen-bond acceptors (Lipinski definition) is 6. The maximum Gasteiger partial charge on any atom is 0.164 e. The molecule has 0 saturated carbocycles. The Kier molecular flexibility index (Phi) is 10.9. The zero-order valence-electron chi connectivity index (χ0n) is 35.9. The smallest absolute Gasteiger partial charge is 0.164 e. The van der Waals surface area contributed by atoms with Crippen molar-refractivity contribution >= 4 is 11.7 Å². The van der Waals surface area contributed by atoms with E-state index < -0.39 is 0 Å². The molecule has 11 rings (SSSR count). The summed E-state index contributed by atoms with van der Waals surface area (Å²) in [6.45, 7) is 0. The fourth-order valence-electron chi connectivity index (χ4n) is 8.36. The second kappa shape index (κ2) is 18.1. The highest BCUT2D eigenvalue weighted by molar-refractivity contribution is 6.13. The molecule has 66 heavy (non-hydrogen) atoms. The Hall–Kier alpha value is -8.87. The van der Waals surface area contributed by atoms with Crippen molar-refractivity contribution in [2.24, 2.45) is 9.98 Å². The minimum atomic E-state index is -0.333. The zero-order valence-corrected chi connectivity index (χ0v) is 35.9. The molecule has 0 spiro atoms. The van der Waals surface area contributed by atoms with Crippen LogP contribution in [0, 0.1) is 0 Å². The molecule has 0 saturated heterocycles. The number of rotatable bonds is 10. The van der Waals surface area contributed by atoms with Crippen LogP contribution in [0.3, 0.4) is 0 Å². The van der Waals surface area contributed by atoms with Crippen LogP contribution < -0.4 is 5.32 Å². The number of hydrogen-bond donors (Lipinski definition) is 1. The highest BCUT2D eigenvalue weighted by Crippen LogP contribution is 2.33. The number of amidine groups is 2. The van der Waals surface area contributed by atoms with Crippen LogP contribution in [0.1, 0.15) is 22.9 Å². The van der Waals surface area contributed by atoms with Crippen molar-refractivity contribution in [3.63, 3.8) is 0 Å². The SMILES string of the molecule is c1ccc(C2=NC(c3cccc(-c4cccc(-c5cccc(-c6nc(-c7ccccc7)nc(-c7ccc(-c8ccccc8)cc7)n6)c5)c4)c3)=NC(c3cccc(-c4ccccc4)c3)N2)cc1. The summed E-state index contributed by atoms with van der Waals surface area (Å²) >= 11 is 0. The summed E-state index contributed by atoms with van der Waals surface area (Å²) in [5.41, 5.74) is 14.7. The number of nitrogens with zero attached hydrogens (tertiary/aromatic N) is 5. The van der Waals surface area contributed by atoms with E-state index in [9.17, 15) is 0 Å². The van der Waals surface area contributed by atoms with Gasteiger partial charge in [-0.05, 0) is 74.3 Å². The van der Waals surface area contributed by atoms with Crippen molar-refractivity contribution < 1.29 is 0 Å². The monoisotopic (exact) mass is 846 g/mol. The highest BCUT2D eigenvalue weighted by atomic mass is 15.2. The van der Waals surface area contributed by atoms with E-state index >= 15 is 0 Å². The van der Waals surface area contributed by atoms with Gasteiger partial charge in [0.1, 0.15) is 12.0 Å². The lowest BCUT2D eigenvalue weighted by Crippen LogP contribution is -2.33. The predicted octanol–water partition coefficient (Wildman–Crippen LogP) is 14.0. The van der Waals surface area contributed by atoms with Crippen LogP contribution >= 0.6 is 0 Å². The normalized spacial score (nSPS) is 13.3. The molecule has 1 N–H and O–H groups in total. The van der Waals surface area contributed by atoms with Gasteiger partial charge in [0.25, 0.3) is 0 Å². The zero-order chi connectivity index (χ0) is 44.1. The van der Waals surface area contributed by atoms with Crippen LogP contribution in [0.4, 0.5) is 0 Å². The molecule has 2 heterocycles. The molecule has 1 unspecified atom stereocenters. The maximum atomic E-state index is 5.24. The molecule has 6 heteroatoms. The number of aliphatic imine (C=N–C) groups is 2. The van der Waals surface area contributed by atoms with Gasteiger partial charge < -0.3 is 5.32 Å². The molecule has 10 aromatic rings. The van der Waals surface area contributed by atoms with E-state index in [4.69, 9.17) is 24.9 Å². The van der Waals surface area contributed by atoms with Crippen molar-refractivity contribution in [1.29, 1.82) is 0 Å². The lowest BCUT2D eigenvalue weighted by molar-refractivity contribution is 0.674. The highest BCUT2D eigenvalue weighted by Gasteiger charge is 2.22. The third-order valence-electron chi connectivity index (χ3n) is 11.8. The van der Waals surface area contributed by atoms with E-state index in [-0.39, 0.29) is 6.17 Å². The van der Waals surface area contributed by atoms with Gasteiger partial charge in [-0.15, -0.1) is 0 Å².